The zero-order chi connectivity index (χ0) is 10.4. The molecule has 0 aromatic carbocycles. The minimum atomic E-state index is -0.474. The predicted molar refractivity (Wildman–Crippen MR) is 52.1 cm³/mol. The Morgan fingerprint density at radius 1 is 1.71 bits per heavy atom. The minimum Gasteiger partial charge on any atom is -0.371 e. The van der Waals surface area contributed by atoms with Crippen LogP contribution in [0.5, 0.6) is 0 Å². The van der Waals surface area contributed by atoms with Crippen LogP contribution < -0.4 is 5.73 Å². The summed E-state index contributed by atoms with van der Waals surface area (Å²) < 4.78 is 0. The molecular formula is C8H16N4O2. The molecule has 0 aromatic rings. The highest BCUT2D eigenvalue weighted by molar-refractivity contribution is 5.73. The Bertz CT molecular complexity index is 219. The van der Waals surface area contributed by atoms with Crippen molar-refractivity contribution < 1.29 is 9.63 Å². The SMILES string of the molecule is CCCCCN(C(N)=O)N1C=NOC1. The molecule has 6 heteroatoms. The molecule has 14 heavy (non-hydrogen) atoms. The fourth-order valence-electron chi connectivity index (χ4n) is 1.22. The normalized spacial score (nSPS) is 14.2. The zero-order valence-electron chi connectivity index (χ0n) is 8.35. The number of carbonyl (C=O) groups excluding carboxylic acids is 1. The van der Waals surface area contributed by atoms with Crippen LogP contribution in [0.4, 0.5) is 4.79 Å². The first-order chi connectivity index (χ1) is 6.75. The third kappa shape index (κ3) is 2.79. The summed E-state index contributed by atoms with van der Waals surface area (Å²) in [6.45, 7) is 2.97. The second-order valence-corrected chi connectivity index (χ2v) is 3.09. The molecule has 0 spiro atoms. The average molecular weight is 200 g/mol. The monoisotopic (exact) mass is 200 g/mol. The van der Waals surface area contributed by atoms with Crippen LogP contribution in [0.2, 0.25) is 0 Å². The molecule has 0 radical (unpaired) electrons. The van der Waals surface area contributed by atoms with E-state index < -0.39 is 6.03 Å². The number of amides is 2. The summed E-state index contributed by atoms with van der Waals surface area (Å²) >= 11 is 0. The van der Waals surface area contributed by atoms with Crippen molar-refractivity contribution in [3.05, 3.63) is 0 Å². The van der Waals surface area contributed by atoms with Crippen molar-refractivity contribution in [3.8, 4) is 0 Å². The number of unbranched alkanes of at least 4 members (excludes halogenated alkanes) is 2. The quantitative estimate of drug-likeness (QED) is 0.664. The van der Waals surface area contributed by atoms with E-state index in [1.54, 1.807) is 5.01 Å². The van der Waals surface area contributed by atoms with E-state index >= 15 is 0 Å². The molecule has 2 N–H and O–H groups in total. The maximum Gasteiger partial charge on any atom is 0.333 e. The second-order valence-electron chi connectivity index (χ2n) is 3.09. The van der Waals surface area contributed by atoms with Crippen molar-refractivity contribution in [1.29, 1.82) is 0 Å². The first-order valence-corrected chi connectivity index (χ1v) is 4.74. The number of nitrogens with two attached hydrogens (primary N) is 1. The van der Waals surface area contributed by atoms with Crippen LogP contribution >= 0.6 is 0 Å². The summed E-state index contributed by atoms with van der Waals surface area (Å²) in [6, 6.07) is -0.474. The molecule has 1 aliphatic rings. The van der Waals surface area contributed by atoms with Crippen molar-refractivity contribution >= 4 is 12.4 Å². The van der Waals surface area contributed by atoms with Crippen molar-refractivity contribution in [3.63, 3.8) is 0 Å². The lowest BCUT2D eigenvalue weighted by molar-refractivity contribution is 0.00951. The predicted octanol–water partition coefficient (Wildman–Crippen LogP) is 0.705. The van der Waals surface area contributed by atoms with E-state index in [0.29, 0.717) is 6.54 Å². The molecule has 1 rings (SSSR count). The molecule has 1 heterocycles. The number of hydrogen-bond acceptors (Lipinski definition) is 4. The van der Waals surface area contributed by atoms with Gasteiger partial charge < -0.3 is 10.6 Å². The summed E-state index contributed by atoms with van der Waals surface area (Å²) in [5.74, 6) is 0. The smallest absolute Gasteiger partial charge is 0.333 e. The maximum atomic E-state index is 11.1. The molecule has 80 valence electrons. The number of hydrogen-bond donors (Lipinski definition) is 1. The Hall–Kier alpha value is -1.46. The van der Waals surface area contributed by atoms with Crippen LogP contribution in [-0.2, 0) is 4.84 Å². The van der Waals surface area contributed by atoms with E-state index in [9.17, 15) is 4.79 Å². The number of hydrazine groups is 1. The van der Waals surface area contributed by atoms with Gasteiger partial charge in [0.05, 0.1) is 0 Å². The summed E-state index contributed by atoms with van der Waals surface area (Å²) in [6.07, 6.45) is 4.58. The fourth-order valence-corrected chi connectivity index (χ4v) is 1.22. The summed E-state index contributed by atoms with van der Waals surface area (Å²) in [4.78, 5) is 15.8. The van der Waals surface area contributed by atoms with Crippen molar-refractivity contribution in [2.45, 2.75) is 26.2 Å². The standard InChI is InChI=1S/C8H16N4O2/c1-2-3-4-5-12(8(9)13)11-6-10-14-7-11/h6H,2-5,7H2,1H3,(H2,9,13). The van der Waals surface area contributed by atoms with Gasteiger partial charge in [0.25, 0.3) is 0 Å². The van der Waals surface area contributed by atoms with E-state index in [1.807, 2.05) is 0 Å². The average Bonchev–Trinajstić information content (AvgIpc) is 2.64. The molecule has 2 amide bonds. The van der Waals surface area contributed by atoms with Crippen LogP contribution in [-0.4, -0.2) is 35.7 Å². The largest absolute Gasteiger partial charge is 0.371 e. The number of carbonyl (C=O) groups is 1. The number of urea groups is 1. The number of nitrogens with zero attached hydrogens (tertiary/aromatic N) is 3. The fraction of sp³-hybridized carbons (Fsp3) is 0.750. The lowest BCUT2D eigenvalue weighted by Gasteiger charge is -2.27. The first kappa shape index (κ1) is 10.6. The van der Waals surface area contributed by atoms with Crippen molar-refractivity contribution in [1.82, 2.24) is 10.0 Å². The summed E-state index contributed by atoms with van der Waals surface area (Å²) in [5, 5.41) is 6.55. The Balaban J connectivity index is 2.38. The molecule has 0 unspecified atom stereocenters. The van der Waals surface area contributed by atoms with Crippen molar-refractivity contribution in [2.24, 2.45) is 10.9 Å². The van der Waals surface area contributed by atoms with Crippen molar-refractivity contribution in [2.75, 3.05) is 13.3 Å². The van der Waals surface area contributed by atoms with E-state index in [1.165, 1.54) is 11.3 Å². The van der Waals surface area contributed by atoms with Gasteiger partial charge in [-0.1, -0.05) is 24.9 Å². The highest BCUT2D eigenvalue weighted by atomic mass is 16.7. The molecule has 0 saturated carbocycles. The first-order valence-electron chi connectivity index (χ1n) is 4.74. The van der Waals surface area contributed by atoms with Crippen LogP contribution in [0, 0.1) is 0 Å². The third-order valence-corrected chi connectivity index (χ3v) is 1.98. The van der Waals surface area contributed by atoms with Gasteiger partial charge in [-0.3, -0.25) is 0 Å². The van der Waals surface area contributed by atoms with Gasteiger partial charge in [-0.15, -0.1) is 0 Å². The second kappa shape index (κ2) is 5.31. The van der Waals surface area contributed by atoms with Gasteiger partial charge in [0.1, 0.15) is 0 Å². The highest BCUT2D eigenvalue weighted by Crippen LogP contribution is 2.04. The zero-order valence-corrected chi connectivity index (χ0v) is 8.35. The van der Waals surface area contributed by atoms with E-state index in [2.05, 4.69) is 12.1 Å². The Kier molecular flexibility index (Phi) is 4.03. The van der Waals surface area contributed by atoms with Gasteiger partial charge in [0, 0.05) is 6.54 Å². The molecule has 0 atom stereocenters. The highest BCUT2D eigenvalue weighted by Gasteiger charge is 2.19. The molecule has 1 aliphatic heterocycles. The summed E-state index contributed by atoms with van der Waals surface area (Å²) in [5.41, 5.74) is 5.23. The Labute approximate surface area is 83.2 Å². The van der Waals surface area contributed by atoms with Crippen LogP contribution in [0.15, 0.2) is 5.16 Å². The lowest BCUT2D eigenvalue weighted by Crippen LogP contribution is -2.48. The van der Waals surface area contributed by atoms with Gasteiger partial charge >= 0.3 is 6.03 Å². The maximum absolute atomic E-state index is 11.1. The number of rotatable bonds is 5. The van der Waals surface area contributed by atoms with Gasteiger partial charge in [0.2, 0.25) is 6.73 Å². The van der Waals surface area contributed by atoms with Crippen LogP contribution in [0.3, 0.4) is 0 Å². The molecule has 6 nitrogen and oxygen atoms in total. The minimum absolute atomic E-state index is 0.259. The lowest BCUT2D eigenvalue weighted by atomic mass is 10.2. The van der Waals surface area contributed by atoms with Crippen LogP contribution in [0.25, 0.3) is 0 Å². The Morgan fingerprint density at radius 2 is 2.50 bits per heavy atom. The van der Waals surface area contributed by atoms with Crippen LogP contribution in [0.1, 0.15) is 26.2 Å². The van der Waals surface area contributed by atoms with Gasteiger partial charge in [-0.25, -0.2) is 14.8 Å². The van der Waals surface area contributed by atoms with Gasteiger partial charge in [-0.2, -0.15) is 0 Å². The van der Waals surface area contributed by atoms with Gasteiger partial charge in [0.15, 0.2) is 6.34 Å². The van der Waals surface area contributed by atoms with E-state index in [-0.39, 0.29) is 6.73 Å². The molecule has 0 aliphatic carbocycles. The number of primary amides is 1. The molecule has 0 bridgehead atoms. The molecule has 0 saturated heterocycles. The van der Waals surface area contributed by atoms with Gasteiger partial charge in [-0.05, 0) is 6.42 Å². The third-order valence-electron chi connectivity index (χ3n) is 1.98. The topological polar surface area (TPSA) is 71.2 Å². The molecule has 0 aromatic heterocycles. The van der Waals surface area contributed by atoms with E-state index in [0.717, 1.165) is 19.3 Å². The number of oxime groups is 1. The molecule has 0 fully saturated rings. The van der Waals surface area contributed by atoms with E-state index in [4.69, 9.17) is 10.6 Å². The summed E-state index contributed by atoms with van der Waals surface area (Å²) in [7, 11) is 0. The molecular weight excluding hydrogens is 184 g/mol. The Morgan fingerprint density at radius 3 is 3.00 bits per heavy atom.